The summed E-state index contributed by atoms with van der Waals surface area (Å²) in [4.78, 5) is 51.6. The molecule has 0 aliphatic carbocycles. The van der Waals surface area contributed by atoms with Gasteiger partial charge >= 0.3 is 11.9 Å². The van der Waals surface area contributed by atoms with Crippen LogP contribution in [0.1, 0.15) is 35.4 Å². The zero-order valence-electron chi connectivity index (χ0n) is 14.8. The lowest BCUT2D eigenvalue weighted by atomic mass is 10.2. The van der Waals surface area contributed by atoms with E-state index < -0.39 is 24.0 Å². The number of carbonyl (C=O) groups excluding carboxylic acids is 2. The van der Waals surface area contributed by atoms with Gasteiger partial charge in [-0.2, -0.15) is 0 Å². The van der Waals surface area contributed by atoms with Crippen molar-refractivity contribution >= 4 is 35.1 Å². The van der Waals surface area contributed by atoms with Gasteiger partial charge in [0.05, 0.1) is 12.8 Å². The largest absolute Gasteiger partial charge is 0.480 e. The quantitative estimate of drug-likeness (QED) is 0.743. The number of hydrogen-bond donors (Lipinski definition) is 2. The van der Waals surface area contributed by atoms with Crippen molar-refractivity contribution < 1.29 is 29.4 Å². The Hall–Kier alpha value is -2.42. The molecule has 0 spiro atoms. The Bertz CT molecular complexity index is 700. The second-order valence-corrected chi connectivity index (χ2v) is 8.14. The van der Waals surface area contributed by atoms with Gasteiger partial charge in [-0.1, -0.05) is 0 Å². The lowest BCUT2D eigenvalue weighted by Crippen LogP contribution is -2.41. The summed E-state index contributed by atoms with van der Waals surface area (Å²) in [6.07, 6.45) is 2.56. The number of nitrogens with zero attached hydrogens (tertiary/aromatic N) is 2. The molecule has 1 aromatic rings. The molecule has 9 heteroatoms. The van der Waals surface area contributed by atoms with Crippen LogP contribution in [0.25, 0.3) is 0 Å². The zero-order chi connectivity index (χ0) is 19.6. The fraction of sp³-hybridized carbons (Fsp3) is 0.556. The van der Waals surface area contributed by atoms with E-state index in [0.717, 1.165) is 9.75 Å². The van der Waals surface area contributed by atoms with E-state index in [1.807, 2.05) is 0 Å². The molecular formula is C18H22N2O6S. The highest BCUT2D eigenvalue weighted by atomic mass is 32.1. The fourth-order valence-corrected chi connectivity index (χ4v) is 4.76. The molecule has 146 valence electrons. The number of carboxylic acid groups (broad SMARTS) is 2. The molecule has 2 aliphatic heterocycles. The SMILES string of the molecule is O=C(O)C1CCCN1C(=O)Cc1ccc(CC(=O)N2CCCC2C(=O)O)s1. The third kappa shape index (κ3) is 4.29. The first-order chi connectivity index (χ1) is 12.9. The number of amides is 2. The van der Waals surface area contributed by atoms with Crippen molar-refractivity contribution in [2.24, 2.45) is 0 Å². The van der Waals surface area contributed by atoms with Crippen molar-refractivity contribution in [1.82, 2.24) is 9.80 Å². The Kier molecular flexibility index (Phi) is 5.79. The predicted octanol–water partition coefficient (Wildman–Crippen LogP) is 0.984. The van der Waals surface area contributed by atoms with Crippen LogP contribution >= 0.6 is 11.3 Å². The Balaban J connectivity index is 1.58. The van der Waals surface area contributed by atoms with Crippen LogP contribution in [0, 0.1) is 0 Å². The Morgan fingerprint density at radius 1 is 0.852 bits per heavy atom. The molecular weight excluding hydrogens is 372 g/mol. The molecule has 1 aromatic heterocycles. The van der Waals surface area contributed by atoms with Gasteiger partial charge in [0.25, 0.3) is 0 Å². The van der Waals surface area contributed by atoms with Crippen LogP contribution in [0.2, 0.25) is 0 Å². The molecule has 2 fully saturated rings. The topological polar surface area (TPSA) is 115 Å². The van der Waals surface area contributed by atoms with E-state index in [1.54, 1.807) is 12.1 Å². The van der Waals surface area contributed by atoms with Gasteiger partial charge in [-0.25, -0.2) is 9.59 Å². The van der Waals surface area contributed by atoms with E-state index in [2.05, 4.69) is 0 Å². The second-order valence-electron chi connectivity index (χ2n) is 6.89. The summed E-state index contributed by atoms with van der Waals surface area (Å²) in [5.41, 5.74) is 0. The van der Waals surface area contributed by atoms with Crippen LogP contribution in [0.3, 0.4) is 0 Å². The molecule has 0 saturated carbocycles. The lowest BCUT2D eigenvalue weighted by molar-refractivity contribution is -0.148. The van der Waals surface area contributed by atoms with Crippen LogP contribution in [0.5, 0.6) is 0 Å². The number of thiophene rings is 1. The van der Waals surface area contributed by atoms with E-state index in [-0.39, 0.29) is 24.7 Å². The summed E-state index contributed by atoms with van der Waals surface area (Å²) in [6.45, 7) is 0.913. The molecule has 2 saturated heterocycles. The number of likely N-dealkylation sites (tertiary alicyclic amines) is 2. The van der Waals surface area contributed by atoms with Crippen LogP contribution in [-0.2, 0) is 32.0 Å². The van der Waals surface area contributed by atoms with E-state index in [1.165, 1.54) is 21.1 Å². The smallest absolute Gasteiger partial charge is 0.326 e. The average Bonchev–Trinajstić information content (AvgIpc) is 3.34. The first-order valence-corrected chi connectivity index (χ1v) is 9.80. The predicted molar refractivity (Wildman–Crippen MR) is 96.5 cm³/mol. The van der Waals surface area contributed by atoms with Gasteiger partial charge in [0, 0.05) is 22.8 Å². The van der Waals surface area contributed by atoms with E-state index >= 15 is 0 Å². The Morgan fingerprint density at radius 2 is 1.26 bits per heavy atom. The molecule has 3 rings (SSSR count). The van der Waals surface area contributed by atoms with Crippen LogP contribution in [0.4, 0.5) is 0 Å². The summed E-state index contributed by atoms with van der Waals surface area (Å²) < 4.78 is 0. The summed E-state index contributed by atoms with van der Waals surface area (Å²) >= 11 is 1.34. The maximum Gasteiger partial charge on any atom is 0.326 e. The minimum Gasteiger partial charge on any atom is -0.480 e. The number of rotatable bonds is 6. The van der Waals surface area contributed by atoms with Gasteiger partial charge in [-0.05, 0) is 37.8 Å². The molecule has 2 aliphatic rings. The van der Waals surface area contributed by atoms with Gasteiger partial charge in [0.1, 0.15) is 12.1 Å². The normalized spacial score (nSPS) is 22.2. The van der Waals surface area contributed by atoms with Gasteiger partial charge < -0.3 is 20.0 Å². The first kappa shape index (κ1) is 19.3. The van der Waals surface area contributed by atoms with Gasteiger partial charge in [0.15, 0.2) is 0 Å². The van der Waals surface area contributed by atoms with Crippen LogP contribution in [0.15, 0.2) is 12.1 Å². The van der Waals surface area contributed by atoms with Crippen molar-refractivity contribution in [1.29, 1.82) is 0 Å². The fourth-order valence-electron chi connectivity index (χ4n) is 3.76. The number of carbonyl (C=O) groups is 4. The van der Waals surface area contributed by atoms with Gasteiger partial charge in [-0.15, -0.1) is 11.3 Å². The number of aliphatic carboxylic acids is 2. The van der Waals surface area contributed by atoms with Crippen molar-refractivity contribution in [3.8, 4) is 0 Å². The monoisotopic (exact) mass is 394 g/mol. The van der Waals surface area contributed by atoms with E-state index in [4.69, 9.17) is 0 Å². The standard InChI is InChI=1S/C18H22N2O6S/c21-15(19-7-1-3-13(19)17(23)24)9-11-5-6-12(27-11)10-16(22)20-8-2-4-14(20)18(25)26/h5-6,13-14H,1-4,7-10H2,(H,23,24)(H,25,26). The van der Waals surface area contributed by atoms with Crippen molar-refractivity contribution in [2.75, 3.05) is 13.1 Å². The molecule has 0 aromatic carbocycles. The summed E-state index contributed by atoms with van der Waals surface area (Å²) in [5.74, 6) is -2.39. The average molecular weight is 394 g/mol. The molecule has 2 N–H and O–H groups in total. The minimum absolute atomic E-state index is 0.115. The molecule has 0 radical (unpaired) electrons. The zero-order valence-corrected chi connectivity index (χ0v) is 15.6. The number of carboxylic acids is 2. The molecule has 2 unspecified atom stereocenters. The highest BCUT2D eigenvalue weighted by Crippen LogP contribution is 2.24. The lowest BCUT2D eigenvalue weighted by Gasteiger charge is -2.21. The summed E-state index contributed by atoms with van der Waals surface area (Å²) in [6, 6.07) is 2.05. The summed E-state index contributed by atoms with van der Waals surface area (Å²) in [7, 11) is 0. The molecule has 2 amide bonds. The molecule has 8 nitrogen and oxygen atoms in total. The van der Waals surface area contributed by atoms with Crippen molar-refractivity contribution in [3.63, 3.8) is 0 Å². The van der Waals surface area contributed by atoms with Crippen LogP contribution in [-0.4, -0.2) is 68.9 Å². The summed E-state index contributed by atoms with van der Waals surface area (Å²) in [5, 5.41) is 18.4. The second kappa shape index (κ2) is 8.08. The molecule has 2 atom stereocenters. The molecule has 0 bridgehead atoms. The maximum atomic E-state index is 12.4. The Labute approximate surface area is 160 Å². The minimum atomic E-state index is -0.975. The highest BCUT2D eigenvalue weighted by Gasteiger charge is 2.35. The van der Waals surface area contributed by atoms with Crippen molar-refractivity contribution in [3.05, 3.63) is 21.9 Å². The molecule has 27 heavy (non-hydrogen) atoms. The van der Waals surface area contributed by atoms with Crippen LogP contribution < -0.4 is 0 Å². The third-order valence-electron chi connectivity index (χ3n) is 5.08. The molecule has 3 heterocycles. The van der Waals surface area contributed by atoms with E-state index in [0.29, 0.717) is 38.8 Å². The highest BCUT2D eigenvalue weighted by molar-refractivity contribution is 7.12. The number of hydrogen-bond acceptors (Lipinski definition) is 5. The maximum absolute atomic E-state index is 12.4. The third-order valence-corrected chi connectivity index (χ3v) is 6.17. The Morgan fingerprint density at radius 3 is 1.63 bits per heavy atom. The first-order valence-electron chi connectivity index (χ1n) is 8.99. The van der Waals surface area contributed by atoms with E-state index in [9.17, 15) is 29.4 Å². The van der Waals surface area contributed by atoms with Gasteiger partial charge in [0.2, 0.25) is 11.8 Å². The van der Waals surface area contributed by atoms with Gasteiger partial charge in [-0.3, -0.25) is 9.59 Å². The van der Waals surface area contributed by atoms with Crippen molar-refractivity contribution in [2.45, 2.75) is 50.6 Å².